The van der Waals surface area contributed by atoms with Crippen LogP contribution in [-0.4, -0.2) is 60.0 Å². The zero-order chi connectivity index (χ0) is 32.3. The first kappa shape index (κ1) is 33.0. The minimum atomic E-state index is -1.10. The minimum absolute atomic E-state index is 0.0481. The Kier molecular flexibility index (Phi) is 11.5. The van der Waals surface area contributed by atoms with E-state index in [9.17, 15) is 28.7 Å². The molecule has 1 aliphatic heterocycles. The van der Waals surface area contributed by atoms with Crippen molar-refractivity contribution in [3.05, 3.63) is 95.3 Å². The quantitative estimate of drug-likeness (QED) is 0.275. The van der Waals surface area contributed by atoms with Gasteiger partial charge in [-0.2, -0.15) is 0 Å². The summed E-state index contributed by atoms with van der Waals surface area (Å²) < 4.78 is 20.1. The van der Waals surface area contributed by atoms with E-state index in [0.29, 0.717) is 5.56 Å². The maximum absolute atomic E-state index is 14.1. The van der Waals surface area contributed by atoms with E-state index in [-0.39, 0.29) is 67.6 Å². The van der Waals surface area contributed by atoms with Gasteiger partial charge in [0.15, 0.2) is 0 Å². The highest BCUT2D eigenvalue weighted by molar-refractivity contribution is 5.99. The molecule has 0 fully saturated rings. The van der Waals surface area contributed by atoms with Crippen LogP contribution in [0.3, 0.4) is 0 Å². The first-order valence-electron chi connectivity index (χ1n) is 15.0. The highest BCUT2D eigenvalue weighted by Gasteiger charge is 2.29. The summed E-state index contributed by atoms with van der Waals surface area (Å²) in [5.74, 6) is -2.08. The van der Waals surface area contributed by atoms with Gasteiger partial charge in [0.05, 0.1) is 11.6 Å². The number of carbonyl (C=O) groups is 4. The van der Waals surface area contributed by atoms with Crippen LogP contribution in [0.25, 0.3) is 0 Å². The number of hydrogen-bond acceptors (Lipinski definition) is 6. The molecule has 1 aliphatic rings. The highest BCUT2D eigenvalue weighted by Crippen LogP contribution is 2.20. The van der Waals surface area contributed by atoms with Gasteiger partial charge < -0.3 is 31.1 Å². The molecule has 1 heterocycles. The van der Waals surface area contributed by atoms with Crippen LogP contribution in [0.1, 0.15) is 48.2 Å². The number of benzene rings is 3. The van der Waals surface area contributed by atoms with Gasteiger partial charge in [0.2, 0.25) is 17.7 Å². The molecule has 0 aromatic heterocycles. The van der Waals surface area contributed by atoms with Gasteiger partial charge in [0.25, 0.3) is 5.91 Å². The Morgan fingerprint density at radius 3 is 2.42 bits per heavy atom. The van der Waals surface area contributed by atoms with E-state index in [2.05, 4.69) is 21.3 Å². The van der Waals surface area contributed by atoms with Crippen LogP contribution in [0, 0.1) is 11.7 Å². The van der Waals surface area contributed by atoms with Crippen molar-refractivity contribution >= 4 is 23.6 Å². The molecule has 5 N–H and O–H groups in total. The molecule has 0 bridgehead atoms. The van der Waals surface area contributed by atoms with Crippen molar-refractivity contribution in [3.8, 4) is 11.5 Å². The van der Waals surface area contributed by atoms with Gasteiger partial charge in [-0.1, -0.05) is 56.3 Å². The third-order valence-electron chi connectivity index (χ3n) is 7.64. The standard InChI is InChI=1S/C34H39FN4O6/c1-21(2)29-20-45-30-10-6-4-8-25(30)32(42)38-27(33(43)36-18-17-23-7-3-5-9-26(23)35)15-16-31(41)37-28(34(44)39-29)19-22-11-13-24(40)14-12-22/h3-14,21,27-29,40H,15-20H2,1-2H3,(H,36,43)(H,37,41)(H,38,42)(H,39,44)/t27-,28-,29-/m0/s1. The van der Waals surface area contributed by atoms with Gasteiger partial charge in [-0.15, -0.1) is 0 Å². The largest absolute Gasteiger partial charge is 0.508 e. The zero-order valence-electron chi connectivity index (χ0n) is 25.3. The molecule has 4 amide bonds. The third kappa shape index (κ3) is 9.53. The lowest BCUT2D eigenvalue weighted by Crippen LogP contribution is -2.53. The lowest BCUT2D eigenvalue weighted by molar-refractivity contribution is -0.130. The van der Waals surface area contributed by atoms with E-state index in [4.69, 9.17) is 4.74 Å². The van der Waals surface area contributed by atoms with Crippen molar-refractivity contribution < 1.29 is 33.4 Å². The van der Waals surface area contributed by atoms with Crippen molar-refractivity contribution in [3.63, 3.8) is 0 Å². The maximum Gasteiger partial charge on any atom is 0.255 e. The average molecular weight is 619 g/mol. The molecule has 11 heteroatoms. The molecule has 0 saturated heterocycles. The molecule has 10 nitrogen and oxygen atoms in total. The summed E-state index contributed by atoms with van der Waals surface area (Å²) in [6.45, 7) is 4.01. The lowest BCUT2D eigenvalue weighted by atomic mass is 10.0. The molecule has 0 spiro atoms. The van der Waals surface area contributed by atoms with Gasteiger partial charge in [0.1, 0.15) is 36.0 Å². The second kappa shape index (κ2) is 15.7. The summed E-state index contributed by atoms with van der Waals surface area (Å²) in [6, 6.07) is 16.7. The molecular weight excluding hydrogens is 579 g/mol. The van der Waals surface area contributed by atoms with E-state index < -0.39 is 41.8 Å². The number of phenols is 1. The Bertz CT molecular complexity index is 1500. The Balaban J connectivity index is 1.57. The molecule has 0 unspecified atom stereocenters. The monoisotopic (exact) mass is 618 g/mol. The number of aromatic hydroxyl groups is 1. The number of halogens is 1. The first-order chi connectivity index (χ1) is 21.6. The number of nitrogens with one attached hydrogen (secondary N) is 4. The van der Waals surface area contributed by atoms with E-state index in [0.717, 1.165) is 5.56 Å². The summed E-state index contributed by atoms with van der Waals surface area (Å²) >= 11 is 0. The van der Waals surface area contributed by atoms with E-state index in [1.807, 2.05) is 13.8 Å². The second-order valence-corrected chi connectivity index (χ2v) is 11.4. The van der Waals surface area contributed by atoms with E-state index >= 15 is 0 Å². The van der Waals surface area contributed by atoms with Crippen molar-refractivity contribution in [2.45, 2.75) is 57.7 Å². The summed E-state index contributed by atoms with van der Waals surface area (Å²) in [5.41, 5.74) is 1.35. The summed E-state index contributed by atoms with van der Waals surface area (Å²) in [5, 5.41) is 20.9. The first-order valence-corrected chi connectivity index (χ1v) is 15.0. The Morgan fingerprint density at radius 2 is 1.69 bits per heavy atom. The SMILES string of the molecule is CC(C)[C@@H]1COc2ccccc2C(=O)N[C@H](C(=O)NCCc2ccccc2F)CCC(=O)N[C@@H](Cc2ccc(O)cc2)C(=O)N1. The fraction of sp³-hybridized carbons (Fsp3) is 0.353. The fourth-order valence-corrected chi connectivity index (χ4v) is 4.91. The Labute approximate surface area is 261 Å². The molecule has 3 aromatic carbocycles. The number of phenolic OH excluding ortho intramolecular Hbond substituents is 1. The smallest absolute Gasteiger partial charge is 0.255 e. The molecular formula is C34H39FN4O6. The molecule has 3 atom stereocenters. The molecule has 4 rings (SSSR count). The molecule has 0 saturated carbocycles. The number of hydrogen-bond donors (Lipinski definition) is 5. The Morgan fingerprint density at radius 1 is 0.978 bits per heavy atom. The van der Waals surface area contributed by atoms with Crippen molar-refractivity contribution in [2.24, 2.45) is 5.92 Å². The number of para-hydroxylation sites is 1. The number of fused-ring (bicyclic) bond motifs is 1. The second-order valence-electron chi connectivity index (χ2n) is 11.4. The summed E-state index contributed by atoms with van der Waals surface area (Å²) in [7, 11) is 0. The lowest BCUT2D eigenvalue weighted by Gasteiger charge is -2.26. The molecule has 0 radical (unpaired) electrons. The van der Waals surface area contributed by atoms with Crippen LogP contribution in [0.2, 0.25) is 0 Å². The van der Waals surface area contributed by atoms with Crippen molar-refractivity contribution in [2.75, 3.05) is 13.2 Å². The van der Waals surface area contributed by atoms with Crippen LogP contribution in [0.4, 0.5) is 4.39 Å². The minimum Gasteiger partial charge on any atom is -0.508 e. The molecule has 0 aliphatic carbocycles. The zero-order valence-corrected chi connectivity index (χ0v) is 25.3. The van der Waals surface area contributed by atoms with Gasteiger partial charge in [0, 0.05) is 19.4 Å². The summed E-state index contributed by atoms with van der Waals surface area (Å²) in [6.07, 6.45) is 0.162. The number of amides is 4. The highest BCUT2D eigenvalue weighted by atomic mass is 19.1. The van der Waals surface area contributed by atoms with Crippen molar-refractivity contribution in [1.82, 2.24) is 21.3 Å². The van der Waals surface area contributed by atoms with Crippen LogP contribution in [0.15, 0.2) is 72.8 Å². The summed E-state index contributed by atoms with van der Waals surface area (Å²) in [4.78, 5) is 53.4. The third-order valence-corrected chi connectivity index (χ3v) is 7.64. The normalized spacial score (nSPS) is 19.6. The Hall–Kier alpha value is -4.93. The molecule has 45 heavy (non-hydrogen) atoms. The number of carbonyl (C=O) groups excluding carboxylic acids is 4. The van der Waals surface area contributed by atoms with Gasteiger partial charge in [-0.3, -0.25) is 19.2 Å². The van der Waals surface area contributed by atoms with Crippen LogP contribution in [0.5, 0.6) is 11.5 Å². The number of rotatable bonds is 7. The molecule has 3 aromatic rings. The van der Waals surface area contributed by atoms with Crippen molar-refractivity contribution in [1.29, 1.82) is 0 Å². The topological polar surface area (TPSA) is 146 Å². The maximum atomic E-state index is 14.1. The average Bonchev–Trinajstić information content (AvgIpc) is 3.02. The van der Waals surface area contributed by atoms with Crippen LogP contribution in [-0.2, 0) is 27.2 Å². The van der Waals surface area contributed by atoms with Gasteiger partial charge >= 0.3 is 0 Å². The van der Waals surface area contributed by atoms with E-state index in [1.54, 1.807) is 54.6 Å². The van der Waals surface area contributed by atoms with Crippen LogP contribution >= 0.6 is 0 Å². The molecule has 238 valence electrons. The van der Waals surface area contributed by atoms with E-state index in [1.165, 1.54) is 18.2 Å². The van der Waals surface area contributed by atoms with Crippen LogP contribution < -0.4 is 26.0 Å². The number of ether oxygens (including phenoxy) is 1. The predicted octanol–water partition coefficient (Wildman–Crippen LogP) is 3.03. The van der Waals surface area contributed by atoms with Gasteiger partial charge in [-0.25, -0.2) is 4.39 Å². The van der Waals surface area contributed by atoms with Gasteiger partial charge in [-0.05, 0) is 60.2 Å². The fourth-order valence-electron chi connectivity index (χ4n) is 4.91. The predicted molar refractivity (Wildman–Crippen MR) is 166 cm³/mol.